The Balaban J connectivity index is 2.05. The Bertz CT molecular complexity index is 547. The Labute approximate surface area is 153 Å². The number of morpholine rings is 1. The minimum atomic E-state index is -0.285. The van der Waals surface area contributed by atoms with Gasteiger partial charge in [-0.15, -0.1) is 0 Å². The van der Waals surface area contributed by atoms with Crippen molar-refractivity contribution in [1.29, 1.82) is 0 Å². The van der Waals surface area contributed by atoms with Gasteiger partial charge < -0.3 is 10.1 Å². The summed E-state index contributed by atoms with van der Waals surface area (Å²) in [6, 6.07) is 3.44. The van der Waals surface area contributed by atoms with E-state index in [4.69, 9.17) is 27.9 Å². The smallest absolute Gasteiger partial charge is 0.271 e. The summed E-state index contributed by atoms with van der Waals surface area (Å²) in [5.41, 5.74) is 0.175. The quantitative estimate of drug-likeness (QED) is 0.745. The Morgan fingerprint density at radius 1 is 1.29 bits per heavy atom. The second kappa shape index (κ2) is 9.56. The zero-order valence-electron chi connectivity index (χ0n) is 14.2. The van der Waals surface area contributed by atoms with E-state index >= 15 is 0 Å². The maximum Gasteiger partial charge on any atom is 0.271 e. The van der Waals surface area contributed by atoms with Crippen molar-refractivity contribution in [3.05, 3.63) is 28.0 Å². The van der Waals surface area contributed by atoms with Gasteiger partial charge in [0.2, 0.25) is 0 Å². The fourth-order valence-electron chi connectivity index (χ4n) is 3.19. The van der Waals surface area contributed by atoms with E-state index in [1.54, 1.807) is 12.1 Å². The topological polar surface area (TPSA) is 54.5 Å². The van der Waals surface area contributed by atoms with Crippen LogP contribution in [0.4, 0.5) is 0 Å². The molecule has 0 saturated carbocycles. The van der Waals surface area contributed by atoms with Crippen molar-refractivity contribution in [3.8, 4) is 0 Å². The van der Waals surface area contributed by atoms with Gasteiger partial charge in [0.25, 0.3) is 5.91 Å². The molecule has 1 aromatic heterocycles. The Kier molecular flexibility index (Phi) is 7.75. The molecule has 1 aliphatic rings. The number of halogens is 2. The van der Waals surface area contributed by atoms with Crippen LogP contribution in [0.25, 0.3) is 0 Å². The third-order valence-corrected chi connectivity index (χ3v) is 5.12. The van der Waals surface area contributed by atoms with E-state index in [9.17, 15) is 4.79 Å². The number of carbonyl (C=O) groups is 1. The lowest BCUT2D eigenvalue weighted by atomic mass is 9.92. The Morgan fingerprint density at radius 3 is 2.58 bits per heavy atom. The van der Waals surface area contributed by atoms with E-state index in [-0.39, 0.29) is 22.8 Å². The molecule has 24 heavy (non-hydrogen) atoms. The summed E-state index contributed by atoms with van der Waals surface area (Å²) in [5, 5.41) is 3.55. The van der Waals surface area contributed by atoms with Gasteiger partial charge in [0.05, 0.1) is 18.2 Å². The largest absolute Gasteiger partial charge is 0.379 e. The molecule has 1 atom stereocenters. The van der Waals surface area contributed by atoms with Crippen molar-refractivity contribution >= 4 is 29.1 Å². The Morgan fingerprint density at radius 2 is 1.96 bits per heavy atom. The van der Waals surface area contributed by atoms with E-state index in [1.165, 1.54) is 0 Å². The molecule has 5 nitrogen and oxygen atoms in total. The van der Waals surface area contributed by atoms with Crippen LogP contribution in [0.1, 0.15) is 37.2 Å². The lowest BCUT2D eigenvalue weighted by Crippen LogP contribution is -2.52. The minimum absolute atomic E-state index is 0.175. The van der Waals surface area contributed by atoms with Crippen molar-refractivity contribution in [1.82, 2.24) is 15.2 Å². The summed E-state index contributed by atoms with van der Waals surface area (Å²) >= 11 is 11.9. The van der Waals surface area contributed by atoms with Crippen molar-refractivity contribution in [2.75, 3.05) is 32.8 Å². The summed E-state index contributed by atoms with van der Waals surface area (Å²) in [7, 11) is 0. The molecule has 0 radical (unpaired) electrons. The minimum Gasteiger partial charge on any atom is -0.379 e. The van der Waals surface area contributed by atoms with Gasteiger partial charge in [-0.3, -0.25) is 9.69 Å². The predicted molar refractivity (Wildman–Crippen MR) is 96.8 cm³/mol. The number of pyridine rings is 1. The lowest BCUT2D eigenvalue weighted by molar-refractivity contribution is 0.00190. The van der Waals surface area contributed by atoms with Crippen LogP contribution in [-0.2, 0) is 4.74 Å². The maximum atomic E-state index is 12.4. The van der Waals surface area contributed by atoms with Crippen LogP contribution in [-0.4, -0.2) is 54.7 Å². The average molecular weight is 374 g/mol. The number of nitrogens with zero attached hydrogens (tertiary/aromatic N) is 2. The molecule has 2 heterocycles. The van der Waals surface area contributed by atoms with E-state index in [0.29, 0.717) is 17.5 Å². The van der Waals surface area contributed by atoms with Crippen LogP contribution in [0.5, 0.6) is 0 Å². The van der Waals surface area contributed by atoms with Crippen LogP contribution >= 0.6 is 23.2 Å². The van der Waals surface area contributed by atoms with Gasteiger partial charge >= 0.3 is 0 Å². The van der Waals surface area contributed by atoms with Gasteiger partial charge in [-0.2, -0.15) is 0 Å². The summed E-state index contributed by atoms with van der Waals surface area (Å²) in [4.78, 5) is 18.9. The van der Waals surface area contributed by atoms with E-state index < -0.39 is 0 Å². The third kappa shape index (κ3) is 5.06. The lowest BCUT2D eigenvalue weighted by Gasteiger charge is -2.38. The summed E-state index contributed by atoms with van der Waals surface area (Å²) < 4.78 is 5.45. The Hall–Kier alpha value is -0.880. The predicted octanol–water partition coefficient (Wildman–Crippen LogP) is 3.26. The van der Waals surface area contributed by atoms with Crippen LogP contribution in [0.2, 0.25) is 10.2 Å². The van der Waals surface area contributed by atoms with E-state index in [0.717, 1.165) is 39.1 Å². The summed E-state index contributed by atoms with van der Waals surface area (Å²) in [6.07, 6.45) is 2.15. The highest BCUT2D eigenvalue weighted by molar-refractivity contribution is 6.34. The molecular formula is C17H25Cl2N3O2. The van der Waals surface area contributed by atoms with Crippen LogP contribution in [0.15, 0.2) is 12.1 Å². The first-order chi connectivity index (χ1) is 11.6. The molecule has 134 valence electrons. The SMILES string of the molecule is CCC(CC)C(CNC(=O)c1nc(Cl)ccc1Cl)N1CCOCC1. The molecular weight excluding hydrogens is 349 g/mol. The molecule has 0 bridgehead atoms. The molecule has 2 rings (SSSR count). The number of aromatic nitrogens is 1. The zero-order valence-corrected chi connectivity index (χ0v) is 15.7. The van der Waals surface area contributed by atoms with Gasteiger partial charge in [0.1, 0.15) is 10.8 Å². The molecule has 1 fully saturated rings. The van der Waals surface area contributed by atoms with Crippen LogP contribution < -0.4 is 5.32 Å². The number of carbonyl (C=O) groups excluding carboxylic acids is 1. The molecule has 0 aliphatic carbocycles. The van der Waals surface area contributed by atoms with Crippen molar-refractivity contribution in [2.45, 2.75) is 32.7 Å². The molecule has 1 aromatic rings. The molecule has 1 N–H and O–H groups in total. The molecule has 1 aliphatic heterocycles. The van der Waals surface area contributed by atoms with Crippen LogP contribution in [0.3, 0.4) is 0 Å². The number of amides is 1. The molecule has 0 aromatic carbocycles. The summed E-state index contributed by atoms with van der Waals surface area (Å²) in [6.45, 7) is 8.23. The second-order valence-corrected chi connectivity index (χ2v) is 6.76. The van der Waals surface area contributed by atoms with Crippen molar-refractivity contribution < 1.29 is 9.53 Å². The molecule has 7 heteroatoms. The fraction of sp³-hybridized carbons (Fsp3) is 0.647. The number of ether oxygens (including phenoxy) is 1. The third-order valence-electron chi connectivity index (χ3n) is 4.61. The normalized spacial score (nSPS) is 17.0. The monoisotopic (exact) mass is 373 g/mol. The fourth-order valence-corrected chi connectivity index (χ4v) is 3.53. The van der Waals surface area contributed by atoms with Crippen LogP contribution in [0, 0.1) is 5.92 Å². The van der Waals surface area contributed by atoms with Gasteiger partial charge in [-0.25, -0.2) is 4.98 Å². The van der Waals surface area contributed by atoms with Gasteiger partial charge in [-0.05, 0) is 18.1 Å². The highest BCUT2D eigenvalue weighted by Crippen LogP contribution is 2.20. The number of nitrogens with one attached hydrogen (secondary N) is 1. The first kappa shape index (κ1) is 19.4. The average Bonchev–Trinajstić information content (AvgIpc) is 2.61. The number of rotatable bonds is 7. The van der Waals surface area contributed by atoms with E-state index in [2.05, 4.69) is 29.0 Å². The summed E-state index contributed by atoms with van der Waals surface area (Å²) in [5.74, 6) is 0.234. The van der Waals surface area contributed by atoms with Gasteiger partial charge in [-0.1, -0.05) is 49.9 Å². The zero-order chi connectivity index (χ0) is 17.5. The number of hydrogen-bond acceptors (Lipinski definition) is 4. The molecule has 1 amide bonds. The highest BCUT2D eigenvalue weighted by atomic mass is 35.5. The second-order valence-electron chi connectivity index (χ2n) is 5.97. The standard InChI is InChI=1S/C17H25Cl2N3O2/c1-3-12(4-2)14(22-7-9-24-10-8-22)11-20-17(23)16-13(18)5-6-15(19)21-16/h5-6,12,14H,3-4,7-11H2,1-2H3,(H,20,23). The maximum absolute atomic E-state index is 12.4. The highest BCUT2D eigenvalue weighted by Gasteiger charge is 2.27. The van der Waals surface area contributed by atoms with E-state index in [1.807, 2.05) is 0 Å². The van der Waals surface area contributed by atoms with Crippen molar-refractivity contribution in [2.24, 2.45) is 5.92 Å². The first-order valence-electron chi connectivity index (χ1n) is 8.48. The van der Waals surface area contributed by atoms with Gasteiger partial charge in [0, 0.05) is 25.7 Å². The first-order valence-corrected chi connectivity index (χ1v) is 9.24. The van der Waals surface area contributed by atoms with Crippen molar-refractivity contribution in [3.63, 3.8) is 0 Å². The molecule has 0 spiro atoms. The number of hydrogen-bond donors (Lipinski definition) is 1. The van der Waals surface area contributed by atoms with Gasteiger partial charge in [0.15, 0.2) is 0 Å². The molecule has 1 unspecified atom stereocenters. The molecule has 1 saturated heterocycles.